The van der Waals surface area contributed by atoms with E-state index in [1.807, 2.05) is 0 Å². The maximum atomic E-state index is 11.4. The van der Waals surface area contributed by atoms with Crippen molar-refractivity contribution in [3.05, 3.63) is 65.2 Å². The number of nitrogens with zero attached hydrogens (tertiary/aromatic N) is 7. The van der Waals surface area contributed by atoms with Crippen molar-refractivity contribution in [3.63, 3.8) is 0 Å². The molecule has 8 aliphatic rings. The predicted octanol–water partition coefficient (Wildman–Crippen LogP) is 19.0. The van der Waals surface area contributed by atoms with Crippen molar-refractivity contribution < 1.29 is 19.1 Å². The summed E-state index contributed by atoms with van der Waals surface area (Å²) in [6.45, 7) is 71.4. The normalized spacial score (nSPS) is 23.6. The lowest BCUT2D eigenvalue weighted by molar-refractivity contribution is -0.190. The minimum Gasteiger partial charge on any atom is -0.366 e. The number of likely N-dealkylation sites (tertiary alicyclic amines) is 5. The quantitative estimate of drug-likeness (QED) is 0.289. The Morgan fingerprint density at radius 2 is 0.882 bits per heavy atom. The van der Waals surface area contributed by atoms with E-state index >= 15 is 0 Å². The average molecular weight is 1300 g/mol. The van der Waals surface area contributed by atoms with Gasteiger partial charge in [-0.1, -0.05) is 91.4 Å². The van der Waals surface area contributed by atoms with Crippen molar-refractivity contribution in [2.24, 2.45) is 17.8 Å². The Kier molecular flexibility index (Phi) is 36.6. The van der Waals surface area contributed by atoms with Crippen LogP contribution in [0.2, 0.25) is 0 Å². The molecular formula is C82H155N7O4. The van der Waals surface area contributed by atoms with E-state index < -0.39 is 0 Å². The van der Waals surface area contributed by atoms with E-state index in [0.717, 1.165) is 90.0 Å². The molecule has 4 atom stereocenters. The van der Waals surface area contributed by atoms with Crippen LogP contribution in [-0.4, -0.2) is 177 Å². The van der Waals surface area contributed by atoms with Crippen molar-refractivity contribution >= 4 is 17.3 Å². The molecule has 6 saturated heterocycles. The van der Waals surface area contributed by atoms with Gasteiger partial charge >= 0.3 is 0 Å². The number of ether oxygens (including phenoxy) is 2. The Labute approximate surface area is 578 Å². The van der Waals surface area contributed by atoms with E-state index in [9.17, 15) is 9.59 Å². The minimum absolute atomic E-state index is 0. The number of anilines is 1. The second kappa shape index (κ2) is 38.6. The molecule has 10 rings (SSSR count). The molecule has 0 aromatic heterocycles. The molecule has 0 aliphatic carbocycles. The molecule has 93 heavy (non-hydrogen) atoms. The van der Waals surface area contributed by atoms with Crippen LogP contribution in [0.5, 0.6) is 0 Å². The molecule has 2 aromatic rings. The Morgan fingerprint density at radius 3 is 1.33 bits per heavy atom. The van der Waals surface area contributed by atoms with Crippen LogP contribution in [0.15, 0.2) is 48.5 Å². The number of aryl methyl sites for hydroxylation is 1. The lowest BCUT2D eigenvalue weighted by atomic mass is 9.88. The van der Waals surface area contributed by atoms with Crippen molar-refractivity contribution in [2.45, 2.75) is 342 Å². The number of ketones is 2. The fourth-order valence-corrected chi connectivity index (χ4v) is 14.5. The third kappa shape index (κ3) is 30.1. The highest BCUT2D eigenvalue weighted by atomic mass is 16.7. The summed E-state index contributed by atoms with van der Waals surface area (Å²) in [4.78, 5) is 40.2. The zero-order chi connectivity index (χ0) is 67.7. The summed E-state index contributed by atoms with van der Waals surface area (Å²) in [5.41, 5.74) is 7.93. The number of para-hydroxylation sites is 1. The van der Waals surface area contributed by atoms with Gasteiger partial charge in [0, 0.05) is 116 Å². The fraction of sp³-hybridized carbons (Fsp3) is 0.829. The second-order valence-corrected chi connectivity index (χ2v) is 35.2. The van der Waals surface area contributed by atoms with E-state index in [-0.39, 0.29) is 62.2 Å². The molecule has 0 N–H and O–H groups in total. The lowest BCUT2D eigenvalue weighted by Crippen LogP contribution is -2.53. The molecule has 8 aliphatic heterocycles. The zero-order valence-electron chi connectivity index (χ0n) is 63.5. The Balaban J connectivity index is 0.000000541. The summed E-state index contributed by atoms with van der Waals surface area (Å²) < 4.78 is 11.4. The van der Waals surface area contributed by atoms with Crippen LogP contribution >= 0.6 is 0 Å². The van der Waals surface area contributed by atoms with E-state index in [1.165, 1.54) is 126 Å². The number of Topliss-reactive ketones (excluding diaryl/α,β-unsaturated/α-hetero) is 2. The first-order valence-corrected chi connectivity index (χ1v) is 36.2. The summed E-state index contributed by atoms with van der Waals surface area (Å²) in [6.07, 6.45) is 17.2. The van der Waals surface area contributed by atoms with Gasteiger partial charge in [-0.2, -0.15) is 0 Å². The maximum Gasteiger partial charge on any atom is 0.170 e. The summed E-state index contributed by atoms with van der Waals surface area (Å²) in [5.74, 6) is 2.51. The molecular weight excluding hydrogens is 1150 g/mol. The van der Waals surface area contributed by atoms with Crippen LogP contribution in [-0.2, 0) is 38.4 Å². The van der Waals surface area contributed by atoms with Gasteiger partial charge in [0.25, 0.3) is 0 Å². The Hall–Kier alpha value is -2.74. The van der Waals surface area contributed by atoms with Gasteiger partial charge in [0.1, 0.15) is 11.6 Å². The third-order valence-corrected chi connectivity index (χ3v) is 20.2. The smallest absolute Gasteiger partial charge is 0.170 e. The van der Waals surface area contributed by atoms with E-state index in [0.29, 0.717) is 28.2 Å². The molecule has 11 heteroatoms. The number of fused-ring (bicyclic) bond motifs is 2. The summed E-state index contributed by atoms with van der Waals surface area (Å²) in [6, 6.07) is 17.8. The van der Waals surface area contributed by atoms with Gasteiger partial charge in [0.2, 0.25) is 0 Å². The first kappa shape index (κ1) is 88.3. The number of carbonyl (C=O) groups excluding carboxylic acids is 2. The van der Waals surface area contributed by atoms with Gasteiger partial charge in [-0.25, -0.2) is 0 Å². The van der Waals surface area contributed by atoms with Crippen LogP contribution in [0.25, 0.3) is 0 Å². The highest BCUT2D eigenvalue weighted by Crippen LogP contribution is 2.35. The molecule has 0 amide bonds. The van der Waals surface area contributed by atoms with Crippen molar-refractivity contribution in [1.82, 2.24) is 29.4 Å². The van der Waals surface area contributed by atoms with Crippen LogP contribution in [0.3, 0.4) is 0 Å². The zero-order valence-corrected chi connectivity index (χ0v) is 63.5. The molecule has 1 spiro atoms. The Bertz CT molecular complexity index is 2380. The molecule has 6 fully saturated rings. The molecule has 11 nitrogen and oxygen atoms in total. The van der Waals surface area contributed by atoms with Crippen LogP contribution in [0.4, 0.5) is 5.69 Å². The second-order valence-electron chi connectivity index (χ2n) is 35.2. The summed E-state index contributed by atoms with van der Waals surface area (Å²) in [7, 11) is 0. The summed E-state index contributed by atoms with van der Waals surface area (Å²) >= 11 is 0. The molecule has 542 valence electrons. The molecule has 0 saturated carbocycles. The standard InChI is InChI=1S/2C13H19N.C11H21NO2.2C11H21NO.C11H23N.C9H19N.3CH4/c1-13(2,3)14-10-6-8-11-7-4-5-9-12(11)14;1-13(2,3)14-9-8-11-6-4-5-7-12(11)10-14;1-10(2,3)12-6-4-11(5-7-12)13-8-9-14-11;1-9(13)10-6-5-7-12(8-10)11(2,3)4;1-9(13)10-7-5-6-8-12(10)11(2,3)4;1-9-6-10(2)8-12(7-9)11(3,4)5;1-9(2,3)10-7-5-4-6-8-10;;;/h4-5,7,9H,6,8,10H2,1-3H3;4-7H,8-10H2,1-3H3;4-9H2,1-3H3;2*10H,5-8H2,1-4H3;9-10H,6-8H2,1-5H3;4-8H2,1-3H3;3*1H4. The van der Waals surface area contributed by atoms with Gasteiger partial charge in [-0.15, -0.1) is 0 Å². The van der Waals surface area contributed by atoms with Gasteiger partial charge in [0.05, 0.1) is 19.3 Å². The molecule has 0 radical (unpaired) electrons. The first-order valence-electron chi connectivity index (χ1n) is 36.2. The molecule has 4 unspecified atom stereocenters. The number of hydrogen-bond acceptors (Lipinski definition) is 11. The third-order valence-electron chi connectivity index (χ3n) is 20.2. The van der Waals surface area contributed by atoms with Crippen LogP contribution in [0.1, 0.15) is 289 Å². The number of benzene rings is 2. The minimum atomic E-state index is -0.220. The Morgan fingerprint density at radius 1 is 0.419 bits per heavy atom. The lowest BCUT2D eigenvalue weighted by Gasteiger charge is -2.43. The molecule has 0 bridgehead atoms. The van der Waals surface area contributed by atoms with Gasteiger partial charge < -0.3 is 14.4 Å². The van der Waals surface area contributed by atoms with Crippen molar-refractivity contribution in [1.29, 1.82) is 0 Å². The highest BCUT2D eigenvalue weighted by molar-refractivity contribution is 5.81. The van der Waals surface area contributed by atoms with Gasteiger partial charge in [-0.05, 0) is 284 Å². The number of piperidine rings is 5. The van der Waals surface area contributed by atoms with Crippen molar-refractivity contribution in [3.8, 4) is 0 Å². The monoisotopic (exact) mass is 1300 g/mol. The largest absolute Gasteiger partial charge is 0.366 e. The molecule has 8 heterocycles. The maximum absolute atomic E-state index is 11.4. The number of rotatable bonds is 2. The van der Waals surface area contributed by atoms with Crippen LogP contribution in [0, 0.1) is 17.8 Å². The summed E-state index contributed by atoms with van der Waals surface area (Å²) in [5, 5.41) is 0. The average Bonchev–Trinajstić information content (AvgIpc) is 1.68. The van der Waals surface area contributed by atoms with E-state index in [2.05, 4.69) is 242 Å². The predicted molar refractivity (Wildman–Crippen MR) is 407 cm³/mol. The van der Waals surface area contributed by atoms with E-state index in [1.54, 1.807) is 13.8 Å². The first-order chi connectivity index (χ1) is 41.5. The van der Waals surface area contributed by atoms with Gasteiger partial charge in [-0.3, -0.25) is 39.0 Å². The molecule has 2 aromatic carbocycles. The topological polar surface area (TPSA) is 75.3 Å². The van der Waals surface area contributed by atoms with Crippen LogP contribution < -0.4 is 4.90 Å². The number of carbonyl (C=O) groups is 2. The van der Waals surface area contributed by atoms with Crippen molar-refractivity contribution in [2.75, 3.05) is 90.1 Å². The SMILES string of the molecule is C.C.C.CC(=O)C1CCCCN1C(C)(C)C.CC(=O)C1CCCN(C(C)(C)C)C1.CC(C)(C)N1CCC2(CC1)OCCO2.CC(C)(C)N1CCCCC1.CC(C)(C)N1CCCc2ccccc21.CC(C)(C)N1CCc2ccccc2C1.CC1CC(C)CN(C(C)(C)C)C1. The number of hydrogen-bond donors (Lipinski definition) is 0. The van der Waals surface area contributed by atoms with Gasteiger partial charge in [0.15, 0.2) is 5.79 Å². The fourth-order valence-electron chi connectivity index (χ4n) is 14.5. The highest BCUT2D eigenvalue weighted by Gasteiger charge is 2.42. The van der Waals surface area contributed by atoms with E-state index in [4.69, 9.17) is 9.47 Å².